The predicted octanol–water partition coefficient (Wildman–Crippen LogP) is 2.32. The molecule has 130 valence electrons. The highest BCUT2D eigenvalue weighted by molar-refractivity contribution is 5.94. The summed E-state index contributed by atoms with van der Waals surface area (Å²) in [6, 6.07) is 7.28. The Labute approximate surface area is 146 Å². The molecular weight excluding hydrogens is 318 g/mol. The lowest BCUT2D eigenvalue weighted by atomic mass is 10.2. The van der Waals surface area contributed by atoms with Gasteiger partial charge in [-0.3, -0.25) is 19.6 Å². The molecule has 3 rings (SSSR count). The molecule has 0 bridgehead atoms. The number of aromatic nitrogens is 2. The van der Waals surface area contributed by atoms with E-state index < -0.39 is 0 Å². The van der Waals surface area contributed by atoms with E-state index in [1.54, 1.807) is 48.7 Å². The Hall–Kier alpha value is -2.76. The molecule has 0 N–H and O–H groups in total. The van der Waals surface area contributed by atoms with Crippen LogP contribution in [0.3, 0.4) is 0 Å². The number of pyridine rings is 2. The second-order valence-corrected chi connectivity index (χ2v) is 6.14. The number of rotatable bonds is 7. The van der Waals surface area contributed by atoms with Crippen molar-refractivity contribution in [3.8, 4) is 0 Å². The van der Waals surface area contributed by atoms with E-state index in [2.05, 4.69) is 9.97 Å². The Morgan fingerprint density at radius 3 is 2.60 bits per heavy atom. The molecule has 0 aromatic carbocycles. The van der Waals surface area contributed by atoms with Gasteiger partial charge in [0.1, 0.15) is 0 Å². The van der Waals surface area contributed by atoms with E-state index >= 15 is 0 Å². The van der Waals surface area contributed by atoms with E-state index in [0.29, 0.717) is 25.3 Å². The van der Waals surface area contributed by atoms with Crippen molar-refractivity contribution in [2.24, 2.45) is 11.8 Å². The zero-order valence-electron chi connectivity index (χ0n) is 14.2. The van der Waals surface area contributed by atoms with Crippen LogP contribution in [-0.4, -0.2) is 39.9 Å². The van der Waals surface area contributed by atoms with Gasteiger partial charge in [0, 0.05) is 37.9 Å². The van der Waals surface area contributed by atoms with E-state index in [-0.39, 0.29) is 23.7 Å². The Balaban J connectivity index is 1.71. The highest BCUT2D eigenvalue weighted by Gasteiger charge is 2.45. The number of carbonyl (C=O) groups is 2. The van der Waals surface area contributed by atoms with Crippen LogP contribution in [-0.2, 0) is 16.1 Å². The van der Waals surface area contributed by atoms with Gasteiger partial charge >= 0.3 is 5.97 Å². The van der Waals surface area contributed by atoms with Crippen molar-refractivity contribution in [3.05, 3.63) is 60.2 Å². The van der Waals surface area contributed by atoms with E-state index in [9.17, 15) is 9.59 Å². The quantitative estimate of drug-likeness (QED) is 0.724. The fourth-order valence-electron chi connectivity index (χ4n) is 2.87. The average molecular weight is 339 g/mol. The third kappa shape index (κ3) is 4.41. The van der Waals surface area contributed by atoms with Gasteiger partial charge in [-0.2, -0.15) is 0 Å². The summed E-state index contributed by atoms with van der Waals surface area (Å²) >= 11 is 0. The highest BCUT2D eigenvalue weighted by Crippen LogP contribution is 2.40. The molecule has 6 nitrogen and oxygen atoms in total. The summed E-state index contributed by atoms with van der Waals surface area (Å²) in [6.45, 7) is 3.16. The Morgan fingerprint density at radius 1 is 1.20 bits per heavy atom. The van der Waals surface area contributed by atoms with E-state index in [0.717, 1.165) is 12.0 Å². The lowest BCUT2D eigenvalue weighted by molar-refractivity contribution is -0.145. The molecule has 2 heterocycles. The first kappa shape index (κ1) is 17.1. The second kappa shape index (κ2) is 7.88. The minimum atomic E-state index is -0.164. The molecule has 1 amide bonds. The molecule has 1 aliphatic carbocycles. The van der Waals surface area contributed by atoms with Gasteiger partial charge in [0.15, 0.2) is 0 Å². The minimum absolute atomic E-state index is 0.0912. The van der Waals surface area contributed by atoms with Crippen molar-refractivity contribution in [1.82, 2.24) is 14.9 Å². The van der Waals surface area contributed by atoms with Crippen molar-refractivity contribution >= 4 is 11.9 Å². The Bertz CT molecular complexity index is 721. The molecule has 0 saturated heterocycles. The SMILES string of the molecule is CCOC(=O)[C@H]1C[C@H]1CN(Cc1cccnc1)C(=O)c1cccnc1. The van der Waals surface area contributed by atoms with E-state index in [1.807, 2.05) is 12.1 Å². The van der Waals surface area contributed by atoms with Gasteiger partial charge in [-0.1, -0.05) is 6.07 Å². The average Bonchev–Trinajstić information content (AvgIpc) is 3.42. The fraction of sp³-hybridized carbons (Fsp3) is 0.368. The Morgan fingerprint density at radius 2 is 1.96 bits per heavy atom. The van der Waals surface area contributed by atoms with Crippen LogP contribution in [0.15, 0.2) is 49.1 Å². The minimum Gasteiger partial charge on any atom is -0.466 e. The van der Waals surface area contributed by atoms with Gasteiger partial charge in [0.05, 0.1) is 18.1 Å². The number of ether oxygens (including phenoxy) is 1. The molecule has 2 aromatic rings. The molecule has 25 heavy (non-hydrogen) atoms. The monoisotopic (exact) mass is 339 g/mol. The van der Waals surface area contributed by atoms with Crippen LogP contribution in [0.5, 0.6) is 0 Å². The predicted molar refractivity (Wildman–Crippen MR) is 91.4 cm³/mol. The lowest BCUT2D eigenvalue weighted by Crippen LogP contribution is -2.33. The van der Waals surface area contributed by atoms with Crippen LogP contribution in [0.2, 0.25) is 0 Å². The summed E-state index contributed by atoms with van der Waals surface area (Å²) < 4.78 is 5.08. The molecule has 0 unspecified atom stereocenters. The zero-order valence-corrected chi connectivity index (χ0v) is 14.2. The van der Waals surface area contributed by atoms with Crippen molar-refractivity contribution in [2.75, 3.05) is 13.2 Å². The topological polar surface area (TPSA) is 72.4 Å². The number of nitrogens with zero attached hydrogens (tertiary/aromatic N) is 3. The summed E-state index contributed by atoms with van der Waals surface area (Å²) in [7, 11) is 0. The van der Waals surface area contributed by atoms with Gasteiger partial charge in [0.2, 0.25) is 0 Å². The number of amides is 1. The van der Waals surface area contributed by atoms with Crippen molar-refractivity contribution in [3.63, 3.8) is 0 Å². The molecule has 1 fully saturated rings. The summed E-state index contributed by atoms with van der Waals surface area (Å²) in [5.74, 6) is -0.205. The van der Waals surface area contributed by atoms with Crippen LogP contribution in [0.25, 0.3) is 0 Å². The normalized spacial score (nSPS) is 18.4. The molecule has 0 radical (unpaired) electrons. The van der Waals surface area contributed by atoms with Crippen molar-refractivity contribution in [2.45, 2.75) is 19.9 Å². The number of hydrogen-bond donors (Lipinski definition) is 0. The molecule has 2 aromatic heterocycles. The van der Waals surface area contributed by atoms with Gasteiger partial charge in [-0.05, 0) is 43.0 Å². The molecule has 0 spiro atoms. The third-order valence-corrected chi connectivity index (χ3v) is 4.26. The molecule has 2 atom stereocenters. The van der Waals surface area contributed by atoms with Crippen LogP contribution in [0, 0.1) is 11.8 Å². The second-order valence-electron chi connectivity index (χ2n) is 6.14. The van der Waals surface area contributed by atoms with E-state index in [4.69, 9.17) is 4.74 Å². The van der Waals surface area contributed by atoms with Crippen molar-refractivity contribution in [1.29, 1.82) is 0 Å². The van der Waals surface area contributed by atoms with Crippen LogP contribution in [0.4, 0.5) is 0 Å². The maximum atomic E-state index is 12.9. The summed E-state index contributed by atoms with van der Waals surface area (Å²) in [5, 5.41) is 0. The standard InChI is InChI=1S/C19H21N3O3/c1-2-25-19(24)17-9-16(17)13-22(12-14-5-3-7-20-10-14)18(23)15-6-4-8-21-11-15/h3-8,10-11,16-17H,2,9,12-13H2,1H3/t16-,17-/m0/s1. The summed E-state index contributed by atoms with van der Waals surface area (Å²) in [5.41, 5.74) is 1.49. The van der Waals surface area contributed by atoms with Crippen LogP contribution < -0.4 is 0 Å². The van der Waals surface area contributed by atoms with Gasteiger partial charge in [-0.25, -0.2) is 0 Å². The zero-order chi connectivity index (χ0) is 17.6. The van der Waals surface area contributed by atoms with Gasteiger partial charge in [-0.15, -0.1) is 0 Å². The molecule has 1 aliphatic rings. The first-order valence-corrected chi connectivity index (χ1v) is 8.44. The largest absolute Gasteiger partial charge is 0.466 e. The first-order valence-electron chi connectivity index (χ1n) is 8.44. The van der Waals surface area contributed by atoms with Crippen LogP contribution >= 0.6 is 0 Å². The summed E-state index contributed by atoms with van der Waals surface area (Å²) in [4.78, 5) is 34.6. The Kier molecular flexibility index (Phi) is 5.38. The maximum Gasteiger partial charge on any atom is 0.309 e. The highest BCUT2D eigenvalue weighted by atomic mass is 16.5. The fourth-order valence-corrected chi connectivity index (χ4v) is 2.87. The third-order valence-electron chi connectivity index (χ3n) is 4.26. The number of hydrogen-bond acceptors (Lipinski definition) is 5. The molecule has 1 saturated carbocycles. The van der Waals surface area contributed by atoms with Gasteiger partial charge in [0.25, 0.3) is 5.91 Å². The number of carbonyl (C=O) groups excluding carboxylic acids is 2. The number of esters is 1. The lowest BCUT2D eigenvalue weighted by Gasteiger charge is -2.23. The van der Waals surface area contributed by atoms with E-state index in [1.165, 1.54) is 0 Å². The first-order chi connectivity index (χ1) is 12.2. The molecular formula is C19H21N3O3. The molecule has 6 heteroatoms. The van der Waals surface area contributed by atoms with Crippen molar-refractivity contribution < 1.29 is 14.3 Å². The van der Waals surface area contributed by atoms with Crippen LogP contribution in [0.1, 0.15) is 29.3 Å². The maximum absolute atomic E-state index is 12.9. The smallest absolute Gasteiger partial charge is 0.309 e. The van der Waals surface area contributed by atoms with Gasteiger partial charge < -0.3 is 9.64 Å². The molecule has 0 aliphatic heterocycles. The summed E-state index contributed by atoms with van der Waals surface area (Å²) in [6.07, 6.45) is 7.42.